The van der Waals surface area contributed by atoms with Gasteiger partial charge in [-0.2, -0.15) is 0 Å². The van der Waals surface area contributed by atoms with Crippen LogP contribution < -0.4 is 16.8 Å². The maximum Gasteiger partial charge on any atom is 0.321 e. The summed E-state index contributed by atoms with van der Waals surface area (Å²) in [5, 5.41) is 2.92. The zero-order valence-electron chi connectivity index (χ0n) is 11.9. The number of likely N-dealkylation sites (N-methyl/N-ethyl adjacent to an activating group) is 1. The summed E-state index contributed by atoms with van der Waals surface area (Å²) in [5.41, 5.74) is 13.2. The van der Waals surface area contributed by atoms with Crippen LogP contribution >= 0.6 is 0 Å². The molecule has 0 saturated carbocycles. The fourth-order valence-corrected chi connectivity index (χ4v) is 2.20. The number of benzene rings is 1. The molecule has 2 rings (SSSR count). The molecule has 1 aromatic carbocycles. The Balaban J connectivity index is 1.97. The summed E-state index contributed by atoms with van der Waals surface area (Å²) < 4.78 is 0. The summed E-state index contributed by atoms with van der Waals surface area (Å²) >= 11 is 0. The van der Waals surface area contributed by atoms with Crippen molar-refractivity contribution in [1.29, 1.82) is 0 Å². The third-order valence-corrected chi connectivity index (χ3v) is 3.61. The lowest BCUT2D eigenvalue weighted by Gasteiger charge is -2.32. The maximum absolute atomic E-state index is 12.2. The lowest BCUT2D eigenvalue weighted by Crippen LogP contribution is -2.48. The molecule has 0 unspecified atom stereocenters. The number of nitrogens with one attached hydrogen (secondary N) is 1. The Bertz CT molecular complexity index is 457. The predicted molar refractivity (Wildman–Crippen MR) is 80.5 cm³/mol. The summed E-state index contributed by atoms with van der Waals surface area (Å²) in [5.74, 6) is 0. The highest BCUT2D eigenvalue weighted by molar-refractivity contribution is 5.89. The van der Waals surface area contributed by atoms with Gasteiger partial charge in [-0.15, -0.1) is 0 Å². The Kier molecular flexibility index (Phi) is 4.94. The highest BCUT2D eigenvalue weighted by Crippen LogP contribution is 2.16. The van der Waals surface area contributed by atoms with Crippen LogP contribution in [0.1, 0.15) is 11.6 Å². The number of anilines is 1. The normalized spacial score (nSPS) is 17.9. The topological polar surface area (TPSA) is 87.6 Å². The Morgan fingerprint density at radius 1 is 1.35 bits per heavy atom. The summed E-state index contributed by atoms with van der Waals surface area (Å²) in [6.07, 6.45) is 0. The molecule has 6 nitrogen and oxygen atoms in total. The third-order valence-electron chi connectivity index (χ3n) is 3.61. The van der Waals surface area contributed by atoms with Gasteiger partial charge in [0.1, 0.15) is 0 Å². The Morgan fingerprint density at radius 2 is 2.05 bits per heavy atom. The zero-order valence-corrected chi connectivity index (χ0v) is 11.9. The van der Waals surface area contributed by atoms with Crippen LogP contribution in [0.15, 0.2) is 24.3 Å². The number of carbonyl (C=O) groups excluding carboxylic acids is 1. The van der Waals surface area contributed by atoms with E-state index in [9.17, 15) is 4.79 Å². The van der Waals surface area contributed by atoms with Crippen molar-refractivity contribution in [2.24, 2.45) is 11.5 Å². The van der Waals surface area contributed by atoms with Crippen molar-refractivity contribution < 1.29 is 4.79 Å². The van der Waals surface area contributed by atoms with Gasteiger partial charge >= 0.3 is 6.03 Å². The maximum atomic E-state index is 12.2. The van der Waals surface area contributed by atoms with E-state index in [1.807, 2.05) is 29.2 Å². The van der Waals surface area contributed by atoms with Crippen LogP contribution in [-0.4, -0.2) is 55.6 Å². The second-order valence-electron chi connectivity index (χ2n) is 5.19. The Hall–Kier alpha value is -1.63. The van der Waals surface area contributed by atoms with E-state index in [1.54, 1.807) is 0 Å². The van der Waals surface area contributed by atoms with Crippen molar-refractivity contribution in [1.82, 2.24) is 9.80 Å². The molecule has 20 heavy (non-hydrogen) atoms. The molecule has 2 amide bonds. The summed E-state index contributed by atoms with van der Waals surface area (Å²) in [7, 11) is 2.06. The number of nitrogens with zero attached hydrogens (tertiary/aromatic N) is 2. The number of amides is 2. The Labute approximate surface area is 119 Å². The minimum Gasteiger partial charge on any atom is -0.329 e. The highest BCUT2D eigenvalue weighted by Gasteiger charge is 2.19. The molecule has 5 N–H and O–H groups in total. The molecule has 1 aliphatic rings. The van der Waals surface area contributed by atoms with Gasteiger partial charge in [0.25, 0.3) is 0 Å². The molecule has 1 aliphatic heterocycles. The number of hydrogen-bond donors (Lipinski definition) is 3. The monoisotopic (exact) mass is 277 g/mol. The van der Waals surface area contributed by atoms with Gasteiger partial charge in [0, 0.05) is 44.5 Å². The summed E-state index contributed by atoms with van der Waals surface area (Å²) in [4.78, 5) is 16.2. The van der Waals surface area contributed by atoms with Crippen molar-refractivity contribution in [2.75, 3.05) is 45.1 Å². The van der Waals surface area contributed by atoms with Crippen LogP contribution in [0.5, 0.6) is 0 Å². The standard InChI is InChI=1S/C14H23N5O/c1-18-5-7-19(8-6-18)14(20)17-12-4-2-3-11(9-12)13(16)10-15/h2-4,9,13H,5-8,10,15-16H2,1H3,(H,17,20)/t13-/m1/s1. The van der Waals surface area contributed by atoms with Gasteiger partial charge in [-0.25, -0.2) is 4.79 Å². The third kappa shape index (κ3) is 3.69. The van der Waals surface area contributed by atoms with Crippen LogP contribution in [0.2, 0.25) is 0 Å². The van der Waals surface area contributed by atoms with Crippen molar-refractivity contribution in [3.05, 3.63) is 29.8 Å². The van der Waals surface area contributed by atoms with Crippen molar-refractivity contribution in [2.45, 2.75) is 6.04 Å². The predicted octanol–water partition coefficient (Wildman–Crippen LogP) is 0.424. The van der Waals surface area contributed by atoms with Gasteiger partial charge in [0.05, 0.1) is 0 Å². The second-order valence-corrected chi connectivity index (χ2v) is 5.19. The minimum absolute atomic E-state index is 0.0587. The molecule has 6 heteroatoms. The van der Waals surface area contributed by atoms with Crippen LogP contribution in [-0.2, 0) is 0 Å². The quantitative estimate of drug-likeness (QED) is 0.747. The number of nitrogens with two attached hydrogens (primary N) is 2. The first kappa shape index (κ1) is 14.8. The van der Waals surface area contributed by atoms with Gasteiger partial charge in [-0.05, 0) is 24.7 Å². The molecule has 0 spiro atoms. The van der Waals surface area contributed by atoms with Gasteiger partial charge in [0.15, 0.2) is 0 Å². The zero-order chi connectivity index (χ0) is 14.5. The smallest absolute Gasteiger partial charge is 0.321 e. The number of rotatable bonds is 3. The van der Waals surface area contributed by atoms with Crippen molar-refractivity contribution >= 4 is 11.7 Å². The molecule has 0 bridgehead atoms. The van der Waals surface area contributed by atoms with Gasteiger partial charge in [-0.1, -0.05) is 12.1 Å². The van der Waals surface area contributed by atoms with Crippen LogP contribution in [0.3, 0.4) is 0 Å². The first-order valence-electron chi connectivity index (χ1n) is 6.90. The number of piperazine rings is 1. The molecule has 110 valence electrons. The molecule has 1 atom stereocenters. The molecule has 0 radical (unpaired) electrons. The van der Waals surface area contributed by atoms with E-state index in [0.717, 1.165) is 37.4 Å². The first-order chi connectivity index (χ1) is 9.60. The average Bonchev–Trinajstić information content (AvgIpc) is 2.47. The van der Waals surface area contributed by atoms with E-state index in [2.05, 4.69) is 17.3 Å². The largest absolute Gasteiger partial charge is 0.329 e. The Morgan fingerprint density at radius 3 is 2.70 bits per heavy atom. The minimum atomic E-state index is -0.199. The van der Waals surface area contributed by atoms with E-state index in [4.69, 9.17) is 11.5 Å². The SMILES string of the molecule is CN1CCN(C(=O)Nc2cccc([C@H](N)CN)c2)CC1. The summed E-state index contributed by atoms with van der Waals surface area (Å²) in [6, 6.07) is 7.28. The van der Waals surface area contributed by atoms with Gasteiger partial charge < -0.3 is 26.6 Å². The van der Waals surface area contributed by atoms with Gasteiger partial charge in [-0.3, -0.25) is 0 Å². The fraction of sp³-hybridized carbons (Fsp3) is 0.500. The molecule has 0 aromatic heterocycles. The van der Waals surface area contributed by atoms with E-state index >= 15 is 0 Å². The first-order valence-corrected chi connectivity index (χ1v) is 6.90. The molecule has 1 aromatic rings. The van der Waals surface area contributed by atoms with E-state index in [-0.39, 0.29) is 12.1 Å². The molecule has 1 heterocycles. The molecule has 1 saturated heterocycles. The van der Waals surface area contributed by atoms with Crippen LogP contribution in [0, 0.1) is 0 Å². The number of carbonyl (C=O) groups is 1. The van der Waals surface area contributed by atoms with Crippen molar-refractivity contribution in [3.8, 4) is 0 Å². The molecule has 1 fully saturated rings. The van der Waals surface area contributed by atoms with E-state index in [0.29, 0.717) is 6.54 Å². The molecular formula is C14H23N5O. The van der Waals surface area contributed by atoms with E-state index in [1.165, 1.54) is 0 Å². The molecule has 0 aliphatic carbocycles. The molecular weight excluding hydrogens is 254 g/mol. The fourth-order valence-electron chi connectivity index (χ4n) is 2.20. The summed E-state index contributed by atoms with van der Waals surface area (Å²) in [6.45, 7) is 3.71. The number of hydrogen-bond acceptors (Lipinski definition) is 4. The van der Waals surface area contributed by atoms with Crippen LogP contribution in [0.4, 0.5) is 10.5 Å². The second kappa shape index (κ2) is 6.69. The number of urea groups is 1. The average molecular weight is 277 g/mol. The lowest BCUT2D eigenvalue weighted by molar-refractivity contribution is 0.164. The van der Waals surface area contributed by atoms with Crippen molar-refractivity contribution in [3.63, 3.8) is 0 Å². The highest BCUT2D eigenvalue weighted by atomic mass is 16.2. The lowest BCUT2D eigenvalue weighted by atomic mass is 10.1. The van der Waals surface area contributed by atoms with Gasteiger partial charge in [0.2, 0.25) is 0 Å². The van der Waals surface area contributed by atoms with E-state index < -0.39 is 0 Å². The van der Waals surface area contributed by atoms with Crippen LogP contribution in [0.25, 0.3) is 0 Å².